The summed E-state index contributed by atoms with van der Waals surface area (Å²) in [6, 6.07) is 6.19. The van der Waals surface area contributed by atoms with Gasteiger partial charge in [-0.15, -0.1) is 11.3 Å². The lowest BCUT2D eigenvalue weighted by Crippen LogP contribution is -2.07. The molecule has 0 saturated carbocycles. The molecule has 3 rings (SSSR count). The van der Waals surface area contributed by atoms with Crippen LogP contribution in [0.25, 0.3) is 21.6 Å². The number of nitrogens with two attached hydrogens (primary N) is 1. The first-order chi connectivity index (χ1) is 12.1. The summed E-state index contributed by atoms with van der Waals surface area (Å²) in [6.07, 6.45) is 2.50. The summed E-state index contributed by atoms with van der Waals surface area (Å²) in [4.78, 5) is 16.8. The van der Waals surface area contributed by atoms with E-state index in [1.54, 1.807) is 29.8 Å². The molecule has 0 aliphatic carbocycles. The van der Waals surface area contributed by atoms with E-state index < -0.39 is 11.8 Å². The minimum Gasteiger partial charge on any atom is -0.477 e. The van der Waals surface area contributed by atoms with Crippen LogP contribution >= 0.6 is 22.7 Å². The maximum absolute atomic E-state index is 14.3. The molecule has 0 unspecified atom stereocenters. The van der Waals surface area contributed by atoms with E-state index in [1.807, 2.05) is 0 Å². The number of carboxylic acids is 1. The van der Waals surface area contributed by atoms with Gasteiger partial charge in [-0.25, -0.2) is 14.2 Å². The van der Waals surface area contributed by atoms with Crippen molar-refractivity contribution < 1.29 is 14.3 Å². The number of anilines is 1. The van der Waals surface area contributed by atoms with Crippen LogP contribution in [0.2, 0.25) is 0 Å². The first-order valence-electron chi connectivity index (χ1n) is 7.61. The number of halogens is 1. The van der Waals surface area contributed by atoms with Gasteiger partial charge < -0.3 is 16.2 Å². The Bertz CT molecular complexity index is 892. The van der Waals surface area contributed by atoms with Crippen LogP contribution in [0.4, 0.5) is 9.52 Å². The van der Waals surface area contributed by atoms with Gasteiger partial charge in [-0.05, 0) is 19.0 Å². The fourth-order valence-corrected chi connectivity index (χ4v) is 4.26. The molecular weight excluding hydrogens is 361 g/mol. The first-order valence-corrected chi connectivity index (χ1v) is 9.31. The van der Waals surface area contributed by atoms with E-state index in [9.17, 15) is 14.3 Å². The third kappa shape index (κ3) is 3.71. The van der Waals surface area contributed by atoms with E-state index in [1.165, 1.54) is 17.4 Å². The lowest BCUT2D eigenvalue weighted by Gasteiger charge is -2.06. The molecule has 0 bridgehead atoms. The Labute approximate surface area is 152 Å². The number of hydrogen-bond donors (Lipinski definition) is 3. The van der Waals surface area contributed by atoms with E-state index in [0.717, 1.165) is 27.8 Å². The predicted octanol–water partition coefficient (Wildman–Crippen LogP) is 4.14. The molecule has 5 nitrogen and oxygen atoms in total. The molecule has 0 saturated heterocycles. The van der Waals surface area contributed by atoms with Crippen molar-refractivity contribution in [1.82, 2.24) is 4.98 Å². The van der Waals surface area contributed by atoms with Crippen LogP contribution in [0, 0.1) is 5.82 Å². The van der Waals surface area contributed by atoms with E-state index in [0.29, 0.717) is 24.2 Å². The third-order valence-electron chi connectivity index (χ3n) is 3.56. The standard InChI is InChI=1S/C17H16FN3O2S2/c18-12-5-2-1-4-10(12)14-11(9-24-15(14)16(22)23)13-8-21-17(25-13)20-7-3-6-19/h1-2,4-5,8-9H,3,6-7,19H2,(H,20,21)(H,22,23). The van der Waals surface area contributed by atoms with Crippen molar-refractivity contribution in [2.45, 2.75) is 6.42 Å². The van der Waals surface area contributed by atoms with Gasteiger partial charge in [0.1, 0.15) is 10.7 Å². The van der Waals surface area contributed by atoms with Gasteiger partial charge in [-0.3, -0.25) is 0 Å². The maximum Gasteiger partial charge on any atom is 0.346 e. The van der Waals surface area contributed by atoms with Crippen LogP contribution in [0.15, 0.2) is 35.8 Å². The van der Waals surface area contributed by atoms with Crippen LogP contribution in [-0.2, 0) is 0 Å². The lowest BCUT2D eigenvalue weighted by atomic mass is 10.0. The molecule has 0 fully saturated rings. The number of benzene rings is 1. The van der Waals surface area contributed by atoms with Crippen molar-refractivity contribution in [1.29, 1.82) is 0 Å². The zero-order valence-corrected chi connectivity index (χ0v) is 14.8. The lowest BCUT2D eigenvalue weighted by molar-refractivity contribution is 0.0703. The summed E-state index contributed by atoms with van der Waals surface area (Å²) in [6.45, 7) is 1.31. The van der Waals surface area contributed by atoms with Gasteiger partial charge in [0.05, 0.1) is 4.88 Å². The Morgan fingerprint density at radius 2 is 2.12 bits per heavy atom. The molecule has 0 aliphatic rings. The van der Waals surface area contributed by atoms with Gasteiger partial charge in [0.15, 0.2) is 5.13 Å². The average Bonchev–Trinajstić information content (AvgIpc) is 3.22. The average molecular weight is 377 g/mol. The van der Waals surface area contributed by atoms with Crippen molar-refractivity contribution in [3.63, 3.8) is 0 Å². The topological polar surface area (TPSA) is 88.2 Å². The molecule has 2 heterocycles. The second-order valence-electron chi connectivity index (χ2n) is 5.24. The van der Waals surface area contributed by atoms with E-state index in [2.05, 4.69) is 10.3 Å². The molecule has 1 aromatic carbocycles. The number of aromatic nitrogens is 1. The first kappa shape index (κ1) is 17.5. The zero-order valence-electron chi connectivity index (χ0n) is 13.2. The third-order valence-corrected chi connectivity index (χ3v) is 5.51. The SMILES string of the molecule is NCCCNc1ncc(-c2csc(C(=O)O)c2-c2ccccc2F)s1. The minimum absolute atomic E-state index is 0.117. The number of aromatic carboxylic acids is 1. The normalized spacial score (nSPS) is 10.8. The van der Waals surface area contributed by atoms with Gasteiger partial charge in [0.25, 0.3) is 0 Å². The maximum atomic E-state index is 14.3. The summed E-state index contributed by atoms with van der Waals surface area (Å²) >= 11 is 2.49. The van der Waals surface area contributed by atoms with Crippen molar-refractivity contribution in [3.05, 3.63) is 46.5 Å². The van der Waals surface area contributed by atoms with Crippen molar-refractivity contribution in [2.24, 2.45) is 5.73 Å². The molecule has 0 atom stereocenters. The number of hydrogen-bond acceptors (Lipinski definition) is 6. The number of nitrogens with one attached hydrogen (secondary N) is 1. The molecule has 25 heavy (non-hydrogen) atoms. The second kappa shape index (κ2) is 7.73. The molecule has 0 aliphatic heterocycles. The molecular formula is C17H16FN3O2S2. The Morgan fingerprint density at radius 1 is 1.32 bits per heavy atom. The second-order valence-corrected chi connectivity index (χ2v) is 7.15. The van der Waals surface area contributed by atoms with E-state index in [4.69, 9.17) is 5.73 Å². The smallest absolute Gasteiger partial charge is 0.346 e. The van der Waals surface area contributed by atoms with E-state index >= 15 is 0 Å². The summed E-state index contributed by atoms with van der Waals surface area (Å²) in [5.41, 5.74) is 6.83. The van der Waals surface area contributed by atoms with Gasteiger partial charge >= 0.3 is 5.97 Å². The van der Waals surface area contributed by atoms with Gasteiger partial charge in [0, 0.05) is 34.8 Å². The largest absolute Gasteiger partial charge is 0.477 e. The number of nitrogens with zero attached hydrogens (tertiary/aromatic N) is 1. The van der Waals surface area contributed by atoms with Gasteiger partial charge in [-0.1, -0.05) is 29.5 Å². The molecule has 3 aromatic rings. The Morgan fingerprint density at radius 3 is 2.84 bits per heavy atom. The molecule has 0 amide bonds. The number of carbonyl (C=O) groups is 1. The van der Waals surface area contributed by atoms with Crippen molar-refractivity contribution in [2.75, 3.05) is 18.4 Å². The van der Waals surface area contributed by atoms with E-state index in [-0.39, 0.29) is 10.4 Å². The van der Waals surface area contributed by atoms with Crippen molar-refractivity contribution >= 4 is 33.8 Å². The van der Waals surface area contributed by atoms with Crippen molar-refractivity contribution in [3.8, 4) is 21.6 Å². The minimum atomic E-state index is -1.07. The fraction of sp³-hybridized carbons (Fsp3) is 0.176. The molecule has 8 heteroatoms. The van der Waals surface area contributed by atoms with Gasteiger partial charge in [0.2, 0.25) is 0 Å². The zero-order chi connectivity index (χ0) is 17.8. The number of thiophene rings is 1. The van der Waals surface area contributed by atoms with Crippen LogP contribution in [0.5, 0.6) is 0 Å². The van der Waals surface area contributed by atoms with Crippen LogP contribution in [-0.4, -0.2) is 29.1 Å². The van der Waals surface area contributed by atoms with Crippen LogP contribution in [0.1, 0.15) is 16.1 Å². The molecule has 0 radical (unpaired) electrons. The summed E-state index contributed by atoms with van der Waals surface area (Å²) in [5.74, 6) is -1.52. The molecule has 130 valence electrons. The monoisotopic (exact) mass is 377 g/mol. The molecule has 0 spiro atoms. The quantitative estimate of drug-likeness (QED) is 0.539. The Kier molecular flexibility index (Phi) is 5.42. The Balaban J connectivity index is 2.03. The van der Waals surface area contributed by atoms with Crippen LogP contribution in [0.3, 0.4) is 0 Å². The summed E-state index contributed by atoms with van der Waals surface area (Å²) in [5, 5.41) is 15.1. The highest BCUT2D eigenvalue weighted by molar-refractivity contribution is 7.19. The Hall–Kier alpha value is -2.29. The highest BCUT2D eigenvalue weighted by Crippen LogP contribution is 2.42. The number of carboxylic acid groups (broad SMARTS) is 1. The molecule has 4 N–H and O–H groups in total. The highest BCUT2D eigenvalue weighted by atomic mass is 32.1. The van der Waals surface area contributed by atoms with Crippen LogP contribution < -0.4 is 11.1 Å². The number of thiazole rings is 1. The summed E-state index contributed by atoms with van der Waals surface area (Å²) < 4.78 is 14.3. The predicted molar refractivity (Wildman–Crippen MR) is 99.9 cm³/mol. The molecule has 2 aromatic heterocycles. The highest BCUT2D eigenvalue weighted by Gasteiger charge is 2.23. The number of rotatable bonds is 7. The summed E-state index contributed by atoms with van der Waals surface area (Å²) in [7, 11) is 0. The van der Waals surface area contributed by atoms with Gasteiger partial charge in [-0.2, -0.15) is 0 Å². The fourth-order valence-electron chi connectivity index (χ4n) is 2.41.